The molecule has 1 heterocycles. The van der Waals surface area contributed by atoms with Gasteiger partial charge in [-0.3, -0.25) is 0 Å². The van der Waals surface area contributed by atoms with Crippen LogP contribution in [-0.2, 0) is 6.54 Å². The van der Waals surface area contributed by atoms with Gasteiger partial charge in [0.2, 0.25) is 0 Å². The van der Waals surface area contributed by atoms with Crippen molar-refractivity contribution < 1.29 is 4.74 Å². The van der Waals surface area contributed by atoms with Crippen LogP contribution in [0.1, 0.15) is 33.9 Å². The molecule has 0 saturated carbocycles. The van der Waals surface area contributed by atoms with Gasteiger partial charge in [-0.15, -0.1) is 0 Å². The van der Waals surface area contributed by atoms with Gasteiger partial charge in [0, 0.05) is 12.1 Å². The Morgan fingerprint density at radius 2 is 1.80 bits per heavy atom. The molecule has 0 bridgehead atoms. The highest BCUT2D eigenvalue weighted by Gasteiger charge is 2.22. The highest BCUT2D eigenvalue weighted by atomic mass is 16.5. The molecule has 2 nitrogen and oxygen atoms in total. The maximum Gasteiger partial charge on any atom is 0.124 e. The molecule has 0 saturated heterocycles. The van der Waals surface area contributed by atoms with Gasteiger partial charge < -0.3 is 10.1 Å². The maximum absolute atomic E-state index is 5.71. The van der Waals surface area contributed by atoms with Gasteiger partial charge in [-0.25, -0.2) is 0 Å². The van der Waals surface area contributed by atoms with E-state index in [1.165, 1.54) is 27.8 Å². The minimum absolute atomic E-state index is 0.298. The zero-order chi connectivity index (χ0) is 14.1. The molecule has 0 spiro atoms. The highest BCUT2D eigenvalue weighted by Crippen LogP contribution is 2.31. The summed E-state index contributed by atoms with van der Waals surface area (Å²) in [6, 6.07) is 13.1. The molecule has 1 aliphatic heterocycles. The van der Waals surface area contributed by atoms with Gasteiger partial charge in [-0.1, -0.05) is 30.3 Å². The molecule has 2 aromatic rings. The summed E-state index contributed by atoms with van der Waals surface area (Å²) in [7, 11) is 0. The van der Waals surface area contributed by atoms with Gasteiger partial charge in [-0.05, 0) is 49.1 Å². The van der Waals surface area contributed by atoms with E-state index in [1.54, 1.807) is 0 Å². The second-order valence-electron chi connectivity index (χ2n) is 5.65. The van der Waals surface area contributed by atoms with Crippen LogP contribution in [0, 0.1) is 20.8 Å². The third-order valence-electron chi connectivity index (χ3n) is 4.19. The number of benzene rings is 2. The van der Waals surface area contributed by atoms with Crippen molar-refractivity contribution in [1.29, 1.82) is 0 Å². The number of para-hydroxylation sites is 1. The largest absolute Gasteiger partial charge is 0.491 e. The number of ether oxygens (including phenoxy) is 1. The zero-order valence-electron chi connectivity index (χ0n) is 12.4. The van der Waals surface area contributed by atoms with Gasteiger partial charge >= 0.3 is 0 Å². The predicted molar refractivity (Wildman–Crippen MR) is 82.2 cm³/mol. The summed E-state index contributed by atoms with van der Waals surface area (Å²) in [4.78, 5) is 0. The van der Waals surface area contributed by atoms with Crippen LogP contribution in [0.15, 0.2) is 36.4 Å². The quantitative estimate of drug-likeness (QED) is 0.912. The van der Waals surface area contributed by atoms with Crippen LogP contribution in [0.5, 0.6) is 5.75 Å². The molecule has 2 heteroatoms. The molecule has 0 unspecified atom stereocenters. The van der Waals surface area contributed by atoms with Gasteiger partial charge in [-0.2, -0.15) is 0 Å². The second-order valence-corrected chi connectivity index (χ2v) is 5.65. The molecule has 0 aromatic heterocycles. The van der Waals surface area contributed by atoms with Gasteiger partial charge in [0.05, 0.1) is 6.04 Å². The molecule has 0 fully saturated rings. The van der Waals surface area contributed by atoms with E-state index in [0.29, 0.717) is 6.04 Å². The molecular weight excluding hydrogens is 246 g/mol. The molecule has 3 rings (SSSR count). The average molecular weight is 267 g/mol. The van der Waals surface area contributed by atoms with Crippen molar-refractivity contribution in [3.63, 3.8) is 0 Å². The molecule has 1 atom stereocenters. The van der Waals surface area contributed by atoms with Crippen LogP contribution >= 0.6 is 0 Å². The third kappa shape index (κ3) is 2.44. The van der Waals surface area contributed by atoms with Crippen molar-refractivity contribution in [3.05, 3.63) is 64.2 Å². The molecular formula is C18H21NO. The van der Waals surface area contributed by atoms with E-state index >= 15 is 0 Å². The number of hydrogen-bond donors (Lipinski definition) is 1. The van der Waals surface area contributed by atoms with Crippen molar-refractivity contribution in [3.8, 4) is 5.75 Å². The van der Waals surface area contributed by atoms with Crippen LogP contribution in [0.2, 0.25) is 0 Å². The van der Waals surface area contributed by atoms with Crippen LogP contribution in [0.25, 0.3) is 0 Å². The van der Waals surface area contributed by atoms with Crippen molar-refractivity contribution >= 4 is 0 Å². The summed E-state index contributed by atoms with van der Waals surface area (Å²) >= 11 is 0. The molecule has 1 aliphatic rings. The summed E-state index contributed by atoms with van der Waals surface area (Å²) in [6.45, 7) is 8.13. The number of hydrogen-bond acceptors (Lipinski definition) is 2. The third-order valence-corrected chi connectivity index (χ3v) is 4.19. The highest BCUT2D eigenvalue weighted by molar-refractivity contribution is 5.40. The Bertz CT molecular complexity index is 633. The van der Waals surface area contributed by atoms with Crippen molar-refractivity contribution in [2.45, 2.75) is 33.4 Å². The topological polar surface area (TPSA) is 21.3 Å². The fourth-order valence-electron chi connectivity index (χ4n) is 2.78. The Balaban J connectivity index is 1.74. The Morgan fingerprint density at radius 1 is 1.05 bits per heavy atom. The summed E-state index contributed by atoms with van der Waals surface area (Å²) in [5.41, 5.74) is 6.72. The zero-order valence-corrected chi connectivity index (χ0v) is 12.4. The molecule has 0 amide bonds. The van der Waals surface area contributed by atoms with E-state index in [2.05, 4.69) is 50.4 Å². The lowest BCUT2D eigenvalue weighted by atomic mass is 10.0. The lowest BCUT2D eigenvalue weighted by Crippen LogP contribution is -2.22. The molecule has 20 heavy (non-hydrogen) atoms. The first-order valence-electron chi connectivity index (χ1n) is 7.17. The van der Waals surface area contributed by atoms with Crippen LogP contribution < -0.4 is 10.1 Å². The van der Waals surface area contributed by atoms with E-state index in [-0.39, 0.29) is 0 Å². The first-order valence-corrected chi connectivity index (χ1v) is 7.17. The monoisotopic (exact) mass is 267 g/mol. The van der Waals surface area contributed by atoms with Gasteiger partial charge in [0.25, 0.3) is 0 Å². The van der Waals surface area contributed by atoms with Crippen molar-refractivity contribution in [2.75, 3.05) is 6.61 Å². The van der Waals surface area contributed by atoms with Crippen LogP contribution in [0.4, 0.5) is 0 Å². The summed E-state index contributed by atoms with van der Waals surface area (Å²) < 4.78 is 5.71. The minimum atomic E-state index is 0.298. The SMILES string of the molecule is Cc1cc(C)c(CN[C@@H]2COc3ccccc32)cc1C. The molecule has 0 aliphatic carbocycles. The van der Waals surface area contributed by atoms with Gasteiger partial charge in [0.15, 0.2) is 0 Å². The number of fused-ring (bicyclic) bond motifs is 1. The molecule has 1 N–H and O–H groups in total. The fourth-order valence-corrected chi connectivity index (χ4v) is 2.78. The Hall–Kier alpha value is -1.80. The Morgan fingerprint density at radius 3 is 2.65 bits per heavy atom. The first-order chi connectivity index (χ1) is 9.65. The summed E-state index contributed by atoms with van der Waals surface area (Å²) in [5.74, 6) is 1.02. The Labute approximate surface area is 120 Å². The predicted octanol–water partition coefficient (Wildman–Crippen LogP) is 3.84. The van der Waals surface area contributed by atoms with Gasteiger partial charge in [0.1, 0.15) is 12.4 Å². The lowest BCUT2D eigenvalue weighted by Gasteiger charge is -2.14. The standard InChI is InChI=1S/C18H21NO/c1-12-8-14(3)15(9-13(12)2)10-19-17-11-20-18-7-5-4-6-16(17)18/h4-9,17,19H,10-11H2,1-3H3/t17-/m1/s1. The lowest BCUT2D eigenvalue weighted by molar-refractivity contribution is 0.310. The van der Waals surface area contributed by atoms with E-state index < -0.39 is 0 Å². The van der Waals surface area contributed by atoms with Crippen LogP contribution in [-0.4, -0.2) is 6.61 Å². The Kier molecular flexibility index (Phi) is 3.49. The molecule has 104 valence electrons. The number of rotatable bonds is 3. The fraction of sp³-hybridized carbons (Fsp3) is 0.333. The normalized spacial score (nSPS) is 16.9. The summed E-state index contributed by atoms with van der Waals surface area (Å²) in [5, 5.41) is 3.62. The van der Waals surface area contributed by atoms with Crippen molar-refractivity contribution in [1.82, 2.24) is 5.32 Å². The summed E-state index contributed by atoms with van der Waals surface area (Å²) in [6.07, 6.45) is 0. The van der Waals surface area contributed by atoms with E-state index in [9.17, 15) is 0 Å². The van der Waals surface area contributed by atoms with E-state index in [1.807, 2.05) is 12.1 Å². The van der Waals surface area contributed by atoms with Crippen molar-refractivity contribution in [2.24, 2.45) is 0 Å². The smallest absolute Gasteiger partial charge is 0.124 e. The first kappa shape index (κ1) is 13.2. The number of aryl methyl sites for hydroxylation is 3. The number of nitrogens with one attached hydrogen (secondary N) is 1. The molecule has 0 radical (unpaired) electrons. The van der Waals surface area contributed by atoms with E-state index in [0.717, 1.165) is 18.9 Å². The maximum atomic E-state index is 5.71. The second kappa shape index (κ2) is 5.29. The van der Waals surface area contributed by atoms with E-state index in [4.69, 9.17) is 4.74 Å². The minimum Gasteiger partial charge on any atom is -0.491 e. The van der Waals surface area contributed by atoms with Crippen LogP contribution in [0.3, 0.4) is 0 Å². The average Bonchev–Trinajstić information content (AvgIpc) is 2.85. The molecule has 2 aromatic carbocycles.